The summed E-state index contributed by atoms with van der Waals surface area (Å²) in [7, 11) is 0. The molecule has 0 aromatic heterocycles. The molecule has 3 aromatic rings. The van der Waals surface area contributed by atoms with Crippen LogP contribution in [0.3, 0.4) is 0 Å². The number of hydrogen-bond donors (Lipinski definition) is 1. The van der Waals surface area contributed by atoms with E-state index in [0.29, 0.717) is 16.5 Å². The van der Waals surface area contributed by atoms with Crippen molar-refractivity contribution in [2.24, 2.45) is 0 Å². The lowest BCUT2D eigenvalue weighted by Crippen LogP contribution is -2.26. The molecule has 1 saturated heterocycles. The highest BCUT2D eigenvalue weighted by molar-refractivity contribution is 6.36. The van der Waals surface area contributed by atoms with Crippen LogP contribution in [0, 0.1) is 0 Å². The number of aryl methyl sites for hydroxylation is 1. The average molecular weight is 554 g/mol. The SMILES string of the molecule is O=C(O)c1ccc2c(c1)CCCC(c1ccc(Cl)cc1Cl)=C2c1ccc(O[C@@H]2CCN(CCCF)C2)cc1. The van der Waals surface area contributed by atoms with Gasteiger partial charge in [0.2, 0.25) is 0 Å². The first-order valence-corrected chi connectivity index (χ1v) is 13.8. The highest BCUT2D eigenvalue weighted by atomic mass is 35.5. The lowest BCUT2D eigenvalue weighted by Gasteiger charge is -2.19. The monoisotopic (exact) mass is 553 g/mol. The Morgan fingerprint density at radius 2 is 1.82 bits per heavy atom. The molecule has 1 atom stereocenters. The number of allylic oxidation sites excluding steroid dienone is 1. The van der Waals surface area contributed by atoms with Gasteiger partial charge in [-0.2, -0.15) is 0 Å². The number of carboxylic acid groups (broad SMARTS) is 1. The molecule has 1 aliphatic heterocycles. The molecule has 0 bridgehead atoms. The third kappa shape index (κ3) is 5.90. The summed E-state index contributed by atoms with van der Waals surface area (Å²) in [6, 6.07) is 19.0. The van der Waals surface area contributed by atoms with E-state index in [2.05, 4.69) is 17.0 Å². The van der Waals surface area contributed by atoms with E-state index in [1.807, 2.05) is 30.3 Å². The topological polar surface area (TPSA) is 49.8 Å². The Hall–Kier alpha value is -2.86. The lowest BCUT2D eigenvalue weighted by molar-refractivity contribution is 0.0696. The minimum absolute atomic E-state index is 0.0937. The fraction of sp³-hybridized carbons (Fsp3) is 0.323. The summed E-state index contributed by atoms with van der Waals surface area (Å²) in [4.78, 5) is 13.9. The summed E-state index contributed by atoms with van der Waals surface area (Å²) in [5, 5.41) is 10.7. The molecule has 0 radical (unpaired) electrons. The van der Waals surface area contributed by atoms with Crippen molar-refractivity contribution < 1.29 is 19.0 Å². The highest BCUT2D eigenvalue weighted by Gasteiger charge is 2.25. The number of carbonyl (C=O) groups is 1. The smallest absolute Gasteiger partial charge is 0.335 e. The van der Waals surface area contributed by atoms with Gasteiger partial charge in [0.15, 0.2) is 0 Å². The van der Waals surface area contributed by atoms with Crippen molar-refractivity contribution in [2.75, 3.05) is 26.3 Å². The molecule has 198 valence electrons. The molecule has 2 aliphatic rings. The van der Waals surface area contributed by atoms with Gasteiger partial charge in [0.25, 0.3) is 0 Å². The average Bonchev–Trinajstić information content (AvgIpc) is 3.26. The Kier molecular flexibility index (Phi) is 8.37. The third-order valence-electron chi connectivity index (χ3n) is 7.34. The number of halogens is 3. The maximum Gasteiger partial charge on any atom is 0.335 e. The maximum absolute atomic E-state index is 12.5. The molecule has 0 spiro atoms. The predicted molar refractivity (Wildman–Crippen MR) is 151 cm³/mol. The molecular formula is C31H30Cl2FNO3. The first kappa shape index (κ1) is 26.7. The normalized spacial score (nSPS) is 17.8. The Labute approximate surface area is 232 Å². The van der Waals surface area contributed by atoms with E-state index in [0.717, 1.165) is 84.5 Å². The number of aromatic carboxylic acids is 1. The van der Waals surface area contributed by atoms with Gasteiger partial charge in [-0.25, -0.2) is 4.79 Å². The van der Waals surface area contributed by atoms with E-state index in [9.17, 15) is 14.3 Å². The second-order valence-corrected chi connectivity index (χ2v) is 10.7. The second-order valence-electron chi connectivity index (χ2n) is 9.90. The standard InChI is InChI=1S/C31H30Cl2FNO3/c32-23-8-12-27(29(33)18-23)28-4-1-3-21-17-22(31(36)37)7-11-26(21)30(28)20-5-9-24(10-6-20)38-25-13-16-35(19-25)15-2-14-34/h5-12,17-18,25H,1-4,13-16,19H2,(H,36,37)/t25-/m1/s1. The molecule has 38 heavy (non-hydrogen) atoms. The number of rotatable bonds is 8. The van der Waals surface area contributed by atoms with Gasteiger partial charge < -0.3 is 9.84 Å². The highest BCUT2D eigenvalue weighted by Crippen LogP contribution is 2.42. The largest absolute Gasteiger partial charge is 0.489 e. The maximum atomic E-state index is 12.5. The Morgan fingerprint density at radius 1 is 1.03 bits per heavy atom. The predicted octanol–water partition coefficient (Wildman–Crippen LogP) is 7.80. The van der Waals surface area contributed by atoms with E-state index in [1.165, 1.54) is 0 Å². The van der Waals surface area contributed by atoms with E-state index < -0.39 is 5.97 Å². The van der Waals surface area contributed by atoms with Crippen LogP contribution >= 0.6 is 23.2 Å². The van der Waals surface area contributed by atoms with Crippen molar-refractivity contribution in [1.82, 2.24) is 4.90 Å². The van der Waals surface area contributed by atoms with Crippen molar-refractivity contribution in [3.8, 4) is 5.75 Å². The van der Waals surface area contributed by atoms with Crippen LogP contribution in [-0.2, 0) is 6.42 Å². The van der Waals surface area contributed by atoms with Crippen LogP contribution in [-0.4, -0.2) is 48.4 Å². The molecule has 0 unspecified atom stereocenters. The number of carboxylic acids is 1. The van der Waals surface area contributed by atoms with Crippen LogP contribution in [0.1, 0.15) is 58.3 Å². The molecule has 1 N–H and O–H groups in total. The fourth-order valence-corrected chi connectivity index (χ4v) is 6.05. The van der Waals surface area contributed by atoms with Crippen LogP contribution < -0.4 is 4.74 Å². The van der Waals surface area contributed by atoms with Gasteiger partial charge in [-0.05, 0) is 102 Å². The molecule has 7 heteroatoms. The van der Waals surface area contributed by atoms with Crippen LogP contribution in [0.2, 0.25) is 10.0 Å². The quantitative estimate of drug-likeness (QED) is 0.309. The molecule has 5 rings (SSSR count). The molecule has 1 aliphatic carbocycles. The fourth-order valence-electron chi connectivity index (χ4n) is 5.53. The van der Waals surface area contributed by atoms with Gasteiger partial charge in [-0.15, -0.1) is 0 Å². The van der Waals surface area contributed by atoms with E-state index in [1.54, 1.807) is 18.2 Å². The zero-order valence-corrected chi connectivity index (χ0v) is 22.6. The number of alkyl halides is 1. The second kappa shape index (κ2) is 11.9. The van der Waals surface area contributed by atoms with Gasteiger partial charge in [0, 0.05) is 29.7 Å². The van der Waals surface area contributed by atoms with Crippen LogP contribution in [0.5, 0.6) is 5.75 Å². The summed E-state index contributed by atoms with van der Waals surface area (Å²) < 4.78 is 18.8. The molecule has 1 fully saturated rings. The van der Waals surface area contributed by atoms with Crippen LogP contribution in [0.25, 0.3) is 11.1 Å². The number of nitrogens with zero attached hydrogens (tertiary/aromatic N) is 1. The molecule has 4 nitrogen and oxygen atoms in total. The number of benzene rings is 3. The van der Waals surface area contributed by atoms with E-state index in [4.69, 9.17) is 27.9 Å². The van der Waals surface area contributed by atoms with Crippen molar-refractivity contribution in [3.63, 3.8) is 0 Å². The van der Waals surface area contributed by atoms with Gasteiger partial charge in [0.1, 0.15) is 11.9 Å². The summed E-state index contributed by atoms with van der Waals surface area (Å²) >= 11 is 12.9. The summed E-state index contributed by atoms with van der Waals surface area (Å²) in [5.74, 6) is -0.131. The first-order valence-electron chi connectivity index (χ1n) is 13.0. The minimum atomic E-state index is -0.930. The molecular weight excluding hydrogens is 524 g/mol. The summed E-state index contributed by atoms with van der Waals surface area (Å²) in [6.45, 7) is 2.22. The van der Waals surface area contributed by atoms with Crippen molar-refractivity contribution >= 4 is 40.3 Å². The Balaban J connectivity index is 1.51. The van der Waals surface area contributed by atoms with Crippen molar-refractivity contribution in [1.29, 1.82) is 0 Å². The third-order valence-corrected chi connectivity index (χ3v) is 7.88. The Morgan fingerprint density at radius 3 is 2.55 bits per heavy atom. The van der Waals surface area contributed by atoms with Crippen LogP contribution in [0.15, 0.2) is 60.7 Å². The zero-order valence-electron chi connectivity index (χ0n) is 21.1. The summed E-state index contributed by atoms with van der Waals surface area (Å²) in [5.41, 5.74) is 6.42. The van der Waals surface area contributed by atoms with Gasteiger partial charge in [-0.1, -0.05) is 47.5 Å². The summed E-state index contributed by atoms with van der Waals surface area (Å²) in [6.07, 6.45) is 4.02. The number of fused-ring (bicyclic) bond motifs is 1. The van der Waals surface area contributed by atoms with Gasteiger partial charge in [-0.3, -0.25) is 9.29 Å². The van der Waals surface area contributed by atoms with Gasteiger partial charge in [0.05, 0.1) is 12.2 Å². The lowest BCUT2D eigenvalue weighted by atomic mass is 9.87. The van der Waals surface area contributed by atoms with Crippen molar-refractivity contribution in [3.05, 3.63) is 98.5 Å². The Bertz CT molecular complexity index is 1360. The minimum Gasteiger partial charge on any atom is -0.489 e. The van der Waals surface area contributed by atoms with Crippen molar-refractivity contribution in [2.45, 2.75) is 38.2 Å². The molecule has 0 saturated carbocycles. The first-order chi connectivity index (χ1) is 18.4. The van der Waals surface area contributed by atoms with Gasteiger partial charge >= 0.3 is 5.97 Å². The number of ether oxygens (including phenoxy) is 1. The van der Waals surface area contributed by atoms with E-state index in [-0.39, 0.29) is 18.3 Å². The number of likely N-dealkylation sites (tertiary alicyclic amines) is 1. The zero-order chi connectivity index (χ0) is 26.6. The van der Waals surface area contributed by atoms with E-state index >= 15 is 0 Å². The van der Waals surface area contributed by atoms with Crippen LogP contribution in [0.4, 0.5) is 4.39 Å². The number of hydrogen-bond acceptors (Lipinski definition) is 3. The molecule has 0 amide bonds. The molecule has 1 heterocycles. The molecule has 3 aromatic carbocycles.